The highest BCUT2D eigenvalue weighted by atomic mass is 16.5. The van der Waals surface area contributed by atoms with Gasteiger partial charge in [-0.05, 0) is 51.2 Å². The van der Waals surface area contributed by atoms with Crippen molar-refractivity contribution in [2.45, 2.75) is 44.8 Å². The highest BCUT2D eigenvalue weighted by Gasteiger charge is 2.38. The van der Waals surface area contributed by atoms with E-state index in [-0.39, 0.29) is 17.9 Å². The van der Waals surface area contributed by atoms with E-state index >= 15 is 0 Å². The van der Waals surface area contributed by atoms with Crippen LogP contribution in [-0.2, 0) is 14.3 Å². The third-order valence-corrected chi connectivity index (χ3v) is 6.51. The highest BCUT2D eigenvalue weighted by Crippen LogP contribution is 2.21. The number of nitrogens with one attached hydrogen (secondary N) is 3. The number of amides is 2. The molecule has 2 aromatic rings. The van der Waals surface area contributed by atoms with Gasteiger partial charge in [0, 0.05) is 57.9 Å². The molecule has 0 aliphatic carbocycles. The van der Waals surface area contributed by atoms with Gasteiger partial charge in [0.15, 0.2) is 0 Å². The van der Waals surface area contributed by atoms with Gasteiger partial charge in [-0.3, -0.25) is 9.59 Å². The average Bonchev–Trinajstić information content (AvgIpc) is 3.43. The molecule has 2 atom stereocenters. The number of nitrogens with zero attached hydrogens (tertiary/aromatic N) is 5. The van der Waals surface area contributed by atoms with E-state index in [1.165, 1.54) is 6.08 Å². The molecule has 0 bridgehead atoms. The molecule has 11 nitrogen and oxygen atoms in total. The molecule has 0 spiro atoms. The zero-order valence-corrected chi connectivity index (χ0v) is 24.8. The van der Waals surface area contributed by atoms with Crippen molar-refractivity contribution in [2.75, 3.05) is 58.0 Å². The van der Waals surface area contributed by atoms with Crippen molar-refractivity contribution in [1.29, 1.82) is 5.26 Å². The summed E-state index contributed by atoms with van der Waals surface area (Å²) >= 11 is 0. The van der Waals surface area contributed by atoms with Gasteiger partial charge in [-0.2, -0.15) is 10.2 Å². The molecule has 42 heavy (non-hydrogen) atoms. The zero-order valence-electron chi connectivity index (χ0n) is 24.8. The number of carbonyl (C=O) groups excluding carboxylic acids is 2. The van der Waals surface area contributed by atoms with E-state index in [2.05, 4.69) is 50.8 Å². The number of likely N-dealkylation sites (N-methyl/N-ethyl adjacent to an activating group) is 1. The lowest BCUT2D eigenvalue weighted by atomic mass is 10.1. The quantitative estimate of drug-likeness (QED) is 0.188. The zero-order chi connectivity index (χ0) is 30.3. The number of carbonyl (C=O) groups is 2. The van der Waals surface area contributed by atoms with Crippen LogP contribution < -0.4 is 16.0 Å². The number of benzene rings is 1. The van der Waals surface area contributed by atoms with Crippen LogP contribution in [0.5, 0.6) is 0 Å². The molecule has 1 aromatic carbocycles. The molecule has 2 heterocycles. The van der Waals surface area contributed by atoms with Gasteiger partial charge in [0.25, 0.3) is 0 Å². The molecular weight excluding hydrogens is 532 g/mol. The predicted molar refractivity (Wildman–Crippen MR) is 163 cm³/mol. The van der Waals surface area contributed by atoms with Crippen molar-refractivity contribution < 1.29 is 14.3 Å². The number of methoxy groups -OCH3 is 1. The molecule has 11 heteroatoms. The maximum absolute atomic E-state index is 12.9. The maximum Gasteiger partial charge on any atom is 0.247 e. The minimum absolute atomic E-state index is 0.166. The normalized spacial score (nSPS) is 16.1. The summed E-state index contributed by atoms with van der Waals surface area (Å²) in [6.45, 7) is 4.30. The van der Waals surface area contributed by atoms with Crippen molar-refractivity contribution in [3.63, 3.8) is 0 Å². The lowest BCUT2D eigenvalue weighted by Crippen LogP contribution is -2.45. The van der Waals surface area contributed by atoms with Crippen LogP contribution in [0, 0.1) is 23.2 Å². The lowest BCUT2D eigenvalue weighted by molar-refractivity contribution is -0.135. The molecular formula is C31H40N8O3. The van der Waals surface area contributed by atoms with Crippen molar-refractivity contribution >= 4 is 29.3 Å². The lowest BCUT2D eigenvalue weighted by Gasteiger charge is -2.22. The number of hydrogen-bond acceptors (Lipinski definition) is 9. The van der Waals surface area contributed by atoms with Crippen molar-refractivity contribution in [3.8, 4) is 17.9 Å². The molecule has 3 rings (SSSR count). The molecule has 3 N–H and O–H groups in total. The molecule has 2 amide bonds. The van der Waals surface area contributed by atoms with E-state index in [1.54, 1.807) is 48.5 Å². The van der Waals surface area contributed by atoms with Crippen LogP contribution in [0.2, 0.25) is 0 Å². The first-order valence-corrected chi connectivity index (χ1v) is 14.1. The number of unbranched alkanes of at least 4 members (excludes halogenated alkanes) is 1. The summed E-state index contributed by atoms with van der Waals surface area (Å²) in [7, 11) is 5.45. The van der Waals surface area contributed by atoms with Crippen LogP contribution >= 0.6 is 0 Å². The Labute approximate surface area is 248 Å². The van der Waals surface area contributed by atoms with Crippen LogP contribution in [-0.4, -0.2) is 91.1 Å². The van der Waals surface area contributed by atoms with Crippen molar-refractivity contribution in [2.24, 2.45) is 0 Å². The standard InChI is InChI=1S/C31H40N8O3/c1-5-16-33-29-24(21-35-31(37-29)36-25-14-12-23(20-32)13-15-25)10-7-6-8-17-34-30(41)27-19-26(42-4)22-39(27)28(40)11-9-18-38(2)3/h9,11-15,21,26-27H,5-6,8,16-19,22H2,1-4H3,(H,34,41)(H2,33,35,36,37)/b11-9+/t26-,27-/m0/s1. The van der Waals surface area contributed by atoms with Gasteiger partial charge in [-0.1, -0.05) is 24.8 Å². The second kappa shape index (κ2) is 16.7. The number of hydrogen-bond donors (Lipinski definition) is 3. The fourth-order valence-electron chi connectivity index (χ4n) is 4.25. The van der Waals surface area contributed by atoms with Gasteiger partial charge >= 0.3 is 0 Å². The minimum atomic E-state index is -0.557. The molecule has 0 unspecified atom stereocenters. The number of aromatic nitrogens is 2. The van der Waals surface area contributed by atoms with Crippen LogP contribution in [0.4, 0.5) is 17.5 Å². The second-order valence-electron chi connectivity index (χ2n) is 10.2. The SMILES string of the molecule is CCCNc1nc(Nc2ccc(C#N)cc2)ncc1C#CCCCNC(=O)[C@@H]1C[C@H](OC)CN1C(=O)/C=C/CN(C)C. The Bertz CT molecular complexity index is 1320. The van der Waals surface area contributed by atoms with Gasteiger partial charge in [0.05, 0.1) is 29.5 Å². The summed E-state index contributed by atoms with van der Waals surface area (Å²) in [5.74, 6) is 6.99. The topological polar surface area (TPSA) is 136 Å². The molecule has 1 aliphatic rings. The summed E-state index contributed by atoms with van der Waals surface area (Å²) in [4.78, 5) is 38.2. The fourth-order valence-corrected chi connectivity index (χ4v) is 4.25. The van der Waals surface area contributed by atoms with Gasteiger partial charge in [-0.15, -0.1) is 0 Å². The Morgan fingerprint density at radius 2 is 2.02 bits per heavy atom. The van der Waals surface area contributed by atoms with E-state index in [0.717, 1.165) is 18.7 Å². The van der Waals surface area contributed by atoms with E-state index in [1.807, 2.05) is 19.0 Å². The fraction of sp³-hybridized carbons (Fsp3) is 0.452. The number of ether oxygens (including phenoxy) is 1. The first-order valence-electron chi connectivity index (χ1n) is 14.1. The molecule has 1 fully saturated rings. The van der Waals surface area contributed by atoms with Gasteiger partial charge in [-0.25, -0.2) is 4.98 Å². The summed E-state index contributed by atoms with van der Waals surface area (Å²) in [6.07, 6.45) is 7.46. The van der Waals surface area contributed by atoms with Crippen molar-refractivity contribution in [3.05, 3.63) is 53.7 Å². The summed E-state index contributed by atoms with van der Waals surface area (Å²) < 4.78 is 5.44. The smallest absolute Gasteiger partial charge is 0.247 e. The van der Waals surface area contributed by atoms with Crippen molar-refractivity contribution in [1.82, 2.24) is 25.1 Å². The second-order valence-corrected chi connectivity index (χ2v) is 10.2. The Kier molecular flexibility index (Phi) is 12.8. The highest BCUT2D eigenvalue weighted by molar-refractivity contribution is 5.93. The molecule has 1 aromatic heterocycles. The minimum Gasteiger partial charge on any atom is -0.380 e. The summed E-state index contributed by atoms with van der Waals surface area (Å²) in [5, 5.41) is 18.4. The largest absolute Gasteiger partial charge is 0.380 e. The average molecular weight is 573 g/mol. The molecule has 1 saturated heterocycles. The Morgan fingerprint density at radius 3 is 2.71 bits per heavy atom. The molecule has 222 valence electrons. The maximum atomic E-state index is 12.9. The first kappa shape index (κ1) is 32.1. The molecule has 1 aliphatic heterocycles. The van der Waals surface area contributed by atoms with E-state index in [0.29, 0.717) is 61.8 Å². The molecule has 0 radical (unpaired) electrons. The summed E-state index contributed by atoms with van der Waals surface area (Å²) in [6, 6.07) is 8.60. The number of anilines is 3. The van der Waals surface area contributed by atoms with Gasteiger partial charge < -0.3 is 30.5 Å². The van der Waals surface area contributed by atoms with Crippen LogP contribution in [0.25, 0.3) is 0 Å². The van der Waals surface area contributed by atoms with Crippen LogP contribution in [0.15, 0.2) is 42.6 Å². The first-order chi connectivity index (χ1) is 20.3. The third-order valence-electron chi connectivity index (χ3n) is 6.51. The predicted octanol–water partition coefficient (Wildman–Crippen LogP) is 2.90. The van der Waals surface area contributed by atoms with E-state index in [4.69, 9.17) is 10.00 Å². The van der Waals surface area contributed by atoms with E-state index < -0.39 is 6.04 Å². The summed E-state index contributed by atoms with van der Waals surface area (Å²) in [5.41, 5.74) is 2.04. The number of nitriles is 1. The van der Waals surface area contributed by atoms with E-state index in [9.17, 15) is 9.59 Å². The number of likely N-dealkylation sites (tertiary alicyclic amines) is 1. The number of rotatable bonds is 13. The Morgan fingerprint density at radius 1 is 1.24 bits per heavy atom. The monoisotopic (exact) mass is 572 g/mol. The Hall–Kier alpha value is -4.45. The van der Waals surface area contributed by atoms with Gasteiger partial charge in [0.2, 0.25) is 17.8 Å². The Balaban J connectivity index is 1.53. The van der Waals surface area contributed by atoms with Gasteiger partial charge in [0.1, 0.15) is 11.9 Å². The van der Waals surface area contributed by atoms with Crippen LogP contribution in [0.1, 0.15) is 43.7 Å². The third kappa shape index (κ3) is 9.88. The molecule has 0 saturated carbocycles. The van der Waals surface area contributed by atoms with Crippen LogP contribution in [0.3, 0.4) is 0 Å².